The summed E-state index contributed by atoms with van der Waals surface area (Å²) < 4.78 is 5.90. The first-order chi connectivity index (χ1) is 14.5. The Morgan fingerprint density at radius 2 is 1.93 bits per heavy atom. The van der Waals surface area contributed by atoms with Gasteiger partial charge in [-0.15, -0.1) is 0 Å². The van der Waals surface area contributed by atoms with Crippen molar-refractivity contribution in [1.82, 2.24) is 10.6 Å². The number of hydrogen-bond acceptors (Lipinski definition) is 6. The van der Waals surface area contributed by atoms with E-state index in [9.17, 15) is 14.7 Å². The minimum Gasteiger partial charge on any atom is -0.508 e. The van der Waals surface area contributed by atoms with E-state index >= 15 is 0 Å². The molecule has 1 aliphatic rings. The van der Waals surface area contributed by atoms with Crippen molar-refractivity contribution in [2.24, 2.45) is 5.16 Å². The number of phenolic OH excluding ortho intramolecular Hbond substituents is 1. The van der Waals surface area contributed by atoms with Crippen molar-refractivity contribution in [2.75, 3.05) is 6.54 Å². The Morgan fingerprint density at radius 3 is 2.63 bits per heavy atom. The normalized spacial score (nSPS) is 16.2. The van der Waals surface area contributed by atoms with Gasteiger partial charge in [-0.25, -0.2) is 4.79 Å². The van der Waals surface area contributed by atoms with Crippen molar-refractivity contribution in [3.05, 3.63) is 65.7 Å². The maximum absolute atomic E-state index is 12.7. The quantitative estimate of drug-likeness (QED) is 0.543. The fourth-order valence-corrected chi connectivity index (χ4v) is 3.31. The van der Waals surface area contributed by atoms with Crippen molar-refractivity contribution in [3.8, 4) is 5.75 Å². The minimum atomic E-state index is -0.938. The maximum Gasteiger partial charge on any atom is 0.408 e. The molecule has 8 nitrogen and oxygen atoms in total. The second-order valence-corrected chi connectivity index (χ2v) is 7.65. The third-order valence-electron chi connectivity index (χ3n) is 4.44. The van der Waals surface area contributed by atoms with Gasteiger partial charge >= 0.3 is 6.09 Å². The molecular formula is C21H22BrN3O5. The molecule has 0 saturated carbocycles. The Balaban J connectivity index is 1.60. The fraction of sp³-hybridized carbons (Fsp3) is 0.286. The van der Waals surface area contributed by atoms with E-state index in [1.54, 1.807) is 18.2 Å². The van der Waals surface area contributed by atoms with Crippen molar-refractivity contribution in [1.29, 1.82) is 0 Å². The lowest BCUT2D eigenvalue weighted by Gasteiger charge is -2.20. The lowest BCUT2D eigenvalue weighted by molar-refractivity contribution is -0.123. The van der Waals surface area contributed by atoms with Crippen LogP contribution in [0.1, 0.15) is 17.5 Å². The largest absolute Gasteiger partial charge is 0.508 e. The van der Waals surface area contributed by atoms with Crippen LogP contribution in [0.3, 0.4) is 0 Å². The first-order valence-electron chi connectivity index (χ1n) is 9.41. The first kappa shape index (κ1) is 21.6. The van der Waals surface area contributed by atoms with Crippen LogP contribution in [0, 0.1) is 0 Å². The van der Waals surface area contributed by atoms with Gasteiger partial charge < -0.3 is 25.3 Å². The zero-order chi connectivity index (χ0) is 21.3. The number of carbonyl (C=O) groups excluding carboxylic acids is 2. The summed E-state index contributed by atoms with van der Waals surface area (Å²) >= 11 is 3.25. The molecule has 0 spiro atoms. The Labute approximate surface area is 182 Å². The summed E-state index contributed by atoms with van der Waals surface area (Å²) in [6, 6.07) is 14.9. The lowest BCUT2D eigenvalue weighted by Crippen LogP contribution is -2.49. The highest BCUT2D eigenvalue weighted by atomic mass is 79.9. The molecule has 9 heteroatoms. The first-order valence-corrected chi connectivity index (χ1v) is 10.2. The molecule has 2 atom stereocenters. The van der Waals surface area contributed by atoms with Gasteiger partial charge in [0, 0.05) is 12.8 Å². The number of amides is 2. The number of alkyl carbamates (subject to hydrolysis) is 1. The summed E-state index contributed by atoms with van der Waals surface area (Å²) in [5.41, 5.74) is 1.36. The van der Waals surface area contributed by atoms with Gasteiger partial charge in [-0.05, 0) is 33.1 Å². The highest BCUT2D eigenvalue weighted by molar-refractivity contribution is 9.18. The highest BCUT2D eigenvalue weighted by Crippen LogP contribution is 2.18. The number of phenols is 1. The van der Waals surface area contributed by atoms with Crippen LogP contribution in [-0.4, -0.2) is 40.4 Å². The van der Waals surface area contributed by atoms with Gasteiger partial charge in [0.2, 0.25) is 5.91 Å². The fourth-order valence-electron chi connectivity index (χ4n) is 2.86. The monoisotopic (exact) mass is 475 g/mol. The summed E-state index contributed by atoms with van der Waals surface area (Å²) in [6.45, 7) is 0.314. The van der Waals surface area contributed by atoms with Gasteiger partial charge in [-0.1, -0.05) is 53.7 Å². The summed E-state index contributed by atoms with van der Waals surface area (Å²) in [7, 11) is 0. The van der Waals surface area contributed by atoms with Crippen LogP contribution in [-0.2, 0) is 27.4 Å². The van der Waals surface area contributed by atoms with Crippen molar-refractivity contribution in [2.45, 2.75) is 31.6 Å². The van der Waals surface area contributed by atoms with Gasteiger partial charge in [0.05, 0.1) is 6.54 Å². The van der Waals surface area contributed by atoms with Gasteiger partial charge in [-0.3, -0.25) is 4.79 Å². The van der Waals surface area contributed by atoms with Gasteiger partial charge in [-0.2, -0.15) is 0 Å². The second-order valence-electron chi connectivity index (χ2n) is 6.74. The van der Waals surface area contributed by atoms with Crippen LogP contribution in [0.15, 0.2) is 59.8 Å². The van der Waals surface area contributed by atoms with Crippen LogP contribution in [0.4, 0.5) is 4.79 Å². The molecule has 0 bridgehead atoms. The van der Waals surface area contributed by atoms with Gasteiger partial charge in [0.1, 0.15) is 23.0 Å². The third-order valence-corrected chi connectivity index (χ3v) is 4.91. The number of para-hydroxylation sites is 1. The van der Waals surface area contributed by atoms with Crippen LogP contribution >= 0.6 is 15.9 Å². The van der Waals surface area contributed by atoms with Crippen LogP contribution < -0.4 is 10.6 Å². The number of carbonyl (C=O) groups is 2. The molecular weight excluding hydrogens is 454 g/mol. The number of halogens is 1. The van der Waals surface area contributed by atoms with E-state index in [2.05, 4.69) is 31.7 Å². The number of hydrogen-bond donors (Lipinski definition) is 3. The van der Waals surface area contributed by atoms with Gasteiger partial charge in [0.15, 0.2) is 6.10 Å². The third kappa shape index (κ3) is 6.48. The number of ether oxygens (including phenoxy) is 1. The summed E-state index contributed by atoms with van der Waals surface area (Å²) in [5, 5.41) is 19.2. The molecule has 1 heterocycles. The summed E-state index contributed by atoms with van der Waals surface area (Å²) in [4.78, 5) is 30.2. The molecule has 2 aromatic rings. The number of oxime groups is 1. The van der Waals surface area contributed by atoms with E-state index in [0.717, 1.165) is 5.56 Å². The molecule has 0 aliphatic carbocycles. The molecule has 2 amide bonds. The SMILES string of the molecule is O=C(N[C@@H](Cc1ccccc1O)C(=O)NCC1CC(Br)=NO1)OCc1ccccc1. The van der Waals surface area contributed by atoms with Gasteiger partial charge in [0.25, 0.3) is 0 Å². The zero-order valence-electron chi connectivity index (χ0n) is 16.1. The van der Waals surface area contributed by atoms with E-state index in [0.29, 0.717) is 16.6 Å². The number of nitrogens with one attached hydrogen (secondary N) is 2. The lowest BCUT2D eigenvalue weighted by atomic mass is 10.0. The molecule has 158 valence electrons. The smallest absolute Gasteiger partial charge is 0.408 e. The molecule has 2 aromatic carbocycles. The number of benzene rings is 2. The van der Waals surface area contributed by atoms with E-state index in [1.807, 2.05) is 30.3 Å². The predicted octanol–water partition coefficient (Wildman–Crippen LogP) is 2.84. The number of rotatable bonds is 8. The molecule has 1 unspecified atom stereocenters. The average molecular weight is 476 g/mol. The van der Waals surface area contributed by atoms with Crippen molar-refractivity contribution in [3.63, 3.8) is 0 Å². The average Bonchev–Trinajstić information content (AvgIpc) is 3.17. The van der Waals surface area contributed by atoms with Crippen molar-refractivity contribution >= 4 is 32.6 Å². The summed E-state index contributed by atoms with van der Waals surface area (Å²) in [6.07, 6.45) is -0.349. The Kier molecular flexibility index (Phi) is 7.67. The molecule has 0 fully saturated rings. The van der Waals surface area contributed by atoms with Crippen LogP contribution in [0.25, 0.3) is 0 Å². The molecule has 0 aromatic heterocycles. The van der Waals surface area contributed by atoms with E-state index < -0.39 is 18.0 Å². The van der Waals surface area contributed by atoms with E-state index in [4.69, 9.17) is 9.57 Å². The highest BCUT2D eigenvalue weighted by Gasteiger charge is 2.26. The number of nitrogens with zero attached hydrogens (tertiary/aromatic N) is 1. The Morgan fingerprint density at radius 1 is 1.20 bits per heavy atom. The molecule has 3 rings (SSSR count). The molecule has 1 aliphatic heterocycles. The Hall–Kier alpha value is -3.07. The number of aromatic hydroxyl groups is 1. The predicted molar refractivity (Wildman–Crippen MR) is 114 cm³/mol. The maximum atomic E-state index is 12.7. The van der Waals surface area contributed by atoms with E-state index in [-0.39, 0.29) is 31.4 Å². The summed E-state index contributed by atoms with van der Waals surface area (Å²) in [5.74, 6) is -0.368. The molecule has 30 heavy (non-hydrogen) atoms. The Bertz CT molecular complexity index is 907. The van der Waals surface area contributed by atoms with Crippen LogP contribution in [0.5, 0.6) is 5.75 Å². The van der Waals surface area contributed by atoms with Crippen LogP contribution in [0.2, 0.25) is 0 Å². The van der Waals surface area contributed by atoms with E-state index in [1.165, 1.54) is 6.07 Å². The second kappa shape index (κ2) is 10.6. The standard InChI is InChI=1S/C21H22BrN3O5/c22-19-11-16(30-25-19)12-23-20(27)17(10-15-8-4-5-9-18(15)26)24-21(28)29-13-14-6-2-1-3-7-14/h1-9,16-17,26H,10-13H2,(H,23,27)(H,24,28)/t16?,17-/m0/s1. The topological polar surface area (TPSA) is 109 Å². The minimum absolute atomic E-state index is 0.0474. The molecule has 0 saturated heterocycles. The van der Waals surface area contributed by atoms with Crippen molar-refractivity contribution < 1.29 is 24.3 Å². The molecule has 0 radical (unpaired) electrons. The molecule has 3 N–H and O–H groups in total. The zero-order valence-corrected chi connectivity index (χ0v) is 17.7.